The molecule has 0 aromatic carbocycles. The lowest BCUT2D eigenvalue weighted by molar-refractivity contribution is 0.0194. The van der Waals surface area contributed by atoms with E-state index in [1.165, 1.54) is 0 Å². The fraction of sp³-hybridized carbons (Fsp3) is 1.00. The van der Waals surface area contributed by atoms with Crippen molar-refractivity contribution in [3.05, 3.63) is 0 Å². The van der Waals surface area contributed by atoms with Crippen LogP contribution in [0.2, 0.25) is 0 Å². The molecule has 0 aromatic heterocycles. The molecule has 0 aliphatic carbocycles. The van der Waals surface area contributed by atoms with Gasteiger partial charge in [-0.05, 0) is 12.8 Å². The van der Waals surface area contributed by atoms with Gasteiger partial charge in [-0.25, -0.2) is 0 Å². The second kappa shape index (κ2) is 10.0. The monoisotopic (exact) mass is 242 g/mol. The van der Waals surface area contributed by atoms with Gasteiger partial charge < -0.3 is 9.47 Å². The Labute approximate surface area is 96.9 Å². The van der Waals surface area contributed by atoms with Crippen molar-refractivity contribution in [2.24, 2.45) is 0 Å². The first-order chi connectivity index (χ1) is 6.70. The third kappa shape index (κ3) is 9.07. The number of hydrogen-bond donors (Lipinski definition) is 0. The summed E-state index contributed by atoms with van der Waals surface area (Å²) in [6.45, 7) is 5.18. The average molecular weight is 243 g/mol. The fourth-order valence-corrected chi connectivity index (χ4v) is 1.59. The summed E-state index contributed by atoms with van der Waals surface area (Å²) in [5, 5.41) is 0. The van der Waals surface area contributed by atoms with E-state index in [0.29, 0.717) is 13.2 Å². The van der Waals surface area contributed by atoms with Crippen LogP contribution in [0.15, 0.2) is 0 Å². The van der Waals surface area contributed by atoms with Gasteiger partial charge in [0.25, 0.3) is 0 Å². The summed E-state index contributed by atoms with van der Waals surface area (Å²) in [6.07, 6.45) is 3.81. The third-order valence-corrected chi connectivity index (χ3v) is 2.40. The zero-order valence-electron chi connectivity index (χ0n) is 8.97. The molecule has 0 heterocycles. The SMILES string of the molecule is CCCC(Cl)OCCOC(Cl)CCC. The molecule has 4 heteroatoms. The van der Waals surface area contributed by atoms with Crippen LogP contribution in [-0.2, 0) is 9.47 Å². The Bertz CT molecular complexity index is 109. The Balaban J connectivity index is 3.19. The highest BCUT2D eigenvalue weighted by molar-refractivity contribution is 6.19. The zero-order chi connectivity index (χ0) is 10.8. The van der Waals surface area contributed by atoms with Crippen LogP contribution in [0, 0.1) is 0 Å². The molecule has 0 aliphatic rings. The van der Waals surface area contributed by atoms with Gasteiger partial charge in [0.05, 0.1) is 13.2 Å². The summed E-state index contributed by atoms with van der Waals surface area (Å²) < 4.78 is 10.6. The second-order valence-corrected chi connectivity index (χ2v) is 4.11. The lowest BCUT2D eigenvalue weighted by Gasteiger charge is -2.12. The quantitative estimate of drug-likeness (QED) is 0.453. The van der Waals surface area contributed by atoms with Crippen LogP contribution in [0.5, 0.6) is 0 Å². The molecule has 0 bridgehead atoms. The standard InChI is InChI=1S/C10H20Cl2O2/c1-3-5-9(11)13-7-8-14-10(12)6-4-2/h9-10H,3-8H2,1-2H3. The summed E-state index contributed by atoms with van der Waals surface area (Å²) in [5.74, 6) is 0. The van der Waals surface area contributed by atoms with Crippen molar-refractivity contribution in [2.75, 3.05) is 13.2 Å². The maximum absolute atomic E-state index is 5.85. The molecule has 0 radical (unpaired) electrons. The van der Waals surface area contributed by atoms with Crippen LogP contribution in [0.3, 0.4) is 0 Å². The molecule has 0 N–H and O–H groups in total. The number of hydrogen-bond acceptors (Lipinski definition) is 2. The minimum absolute atomic E-state index is 0.191. The first kappa shape index (κ1) is 14.5. The summed E-state index contributed by atoms with van der Waals surface area (Å²) in [6, 6.07) is 0. The van der Waals surface area contributed by atoms with Gasteiger partial charge in [-0.2, -0.15) is 0 Å². The predicted molar refractivity (Wildman–Crippen MR) is 61.0 cm³/mol. The minimum atomic E-state index is -0.191. The van der Waals surface area contributed by atoms with E-state index >= 15 is 0 Å². The minimum Gasteiger partial charge on any atom is -0.360 e. The Morgan fingerprint density at radius 2 is 1.21 bits per heavy atom. The fourth-order valence-electron chi connectivity index (χ4n) is 0.973. The van der Waals surface area contributed by atoms with Crippen LogP contribution in [-0.4, -0.2) is 24.3 Å². The molecule has 0 aliphatic heterocycles. The van der Waals surface area contributed by atoms with Gasteiger partial charge in [0.15, 0.2) is 0 Å². The first-order valence-corrected chi connectivity index (χ1v) is 6.09. The first-order valence-electron chi connectivity index (χ1n) is 5.22. The van der Waals surface area contributed by atoms with Gasteiger partial charge in [0.1, 0.15) is 11.1 Å². The largest absolute Gasteiger partial charge is 0.360 e. The molecular weight excluding hydrogens is 223 g/mol. The average Bonchev–Trinajstić information content (AvgIpc) is 2.13. The summed E-state index contributed by atoms with van der Waals surface area (Å²) in [4.78, 5) is 0. The number of ether oxygens (including phenoxy) is 2. The maximum atomic E-state index is 5.85. The molecule has 0 saturated carbocycles. The Kier molecular flexibility index (Phi) is 10.4. The smallest absolute Gasteiger partial charge is 0.131 e. The van der Waals surface area contributed by atoms with E-state index in [4.69, 9.17) is 32.7 Å². The highest BCUT2D eigenvalue weighted by Gasteiger charge is 2.05. The van der Waals surface area contributed by atoms with E-state index in [-0.39, 0.29) is 11.1 Å². The summed E-state index contributed by atoms with van der Waals surface area (Å²) >= 11 is 11.7. The Hall–Kier alpha value is 0.500. The molecule has 2 atom stereocenters. The van der Waals surface area contributed by atoms with Crippen molar-refractivity contribution in [1.29, 1.82) is 0 Å². The molecule has 14 heavy (non-hydrogen) atoms. The van der Waals surface area contributed by atoms with Gasteiger partial charge in [0, 0.05) is 0 Å². The van der Waals surface area contributed by atoms with Crippen LogP contribution in [0.25, 0.3) is 0 Å². The summed E-state index contributed by atoms with van der Waals surface area (Å²) in [5.41, 5.74) is -0.382. The second-order valence-electron chi connectivity index (χ2n) is 3.14. The normalized spacial score (nSPS) is 15.4. The van der Waals surface area contributed by atoms with Crippen molar-refractivity contribution < 1.29 is 9.47 Å². The molecule has 0 amide bonds. The van der Waals surface area contributed by atoms with Crippen molar-refractivity contribution in [1.82, 2.24) is 0 Å². The van der Waals surface area contributed by atoms with Crippen LogP contribution in [0.1, 0.15) is 39.5 Å². The molecule has 86 valence electrons. The van der Waals surface area contributed by atoms with Crippen molar-refractivity contribution >= 4 is 23.2 Å². The topological polar surface area (TPSA) is 18.5 Å². The van der Waals surface area contributed by atoms with Crippen LogP contribution < -0.4 is 0 Å². The van der Waals surface area contributed by atoms with Crippen molar-refractivity contribution in [3.63, 3.8) is 0 Å². The summed E-state index contributed by atoms with van der Waals surface area (Å²) in [7, 11) is 0. The van der Waals surface area contributed by atoms with E-state index in [0.717, 1.165) is 25.7 Å². The van der Waals surface area contributed by atoms with Crippen molar-refractivity contribution in [2.45, 2.75) is 50.7 Å². The molecule has 2 unspecified atom stereocenters. The molecule has 0 spiro atoms. The van der Waals surface area contributed by atoms with Gasteiger partial charge >= 0.3 is 0 Å². The third-order valence-electron chi connectivity index (χ3n) is 1.71. The Morgan fingerprint density at radius 1 is 0.857 bits per heavy atom. The van der Waals surface area contributed by atoms with Gasteiger partial charge in [-0.15, -0.1) is 0 Å². The van der Waals surface area contributed by atoms with Crippen LogP contribution >= 0.6 is 23.2 Å². The molecular formula is C10H20Cl2O2. The van der Waals surface area contributed by atoms with Gasteiger partial charge in [0.2, 0.25) is 0 Å². The molecule has 0 aromatic rings. The van der Waals surface area contributed by atoms with Gasteiger partial charge in [-0.1, -0.05) is 49.9 Å². The highest BCUT2D eigenvalue weighted by atomic mass is 35.5. The maximum Gasteiger partial charge on any atom is 0.131 e. The van der Waals surface area contributed by atoms with E-state index in [9.17, 15) is 0 Å². The molecule has 0 fully saturated rings. The highest BCUT2D eigenvalue weighted by Crippen LogP contribution is 2.08. The predicted octanol–water partition coefficient (Wildman–Crippen LogP) is 3.75. The molecule has 2 nitrogen and oxygen atoms in total. The van der Waals surface area contributed by atoms with E-state index in [2.05, 4.69) is 13.8 Å². The number of alkyl halides is 2. The van der Waals surface area contributed by atoms with E-state index in [1.807, 2.05) is 0 Å². The van der Waals surface area contributed by atoms with Crippen LogP contribution in [0.4, 0.5) is 0 Å². The zero-order valence-corrected chi connectivity index (χ0v) is 10.5. The van der Waals surface area contributed by atoms with E-state index < -0.39 is 0 Å². The lowest BCUT2D eigenvalue weighted by Crippen LogP contribution is -2.14. The Morgan fingerprint density at radius 3 is 1.50 bits per heavy atom. The number of rotatable bonds is 9. The molecule has 0 saturated heterocycles. The number of halogens is 2. The lowest BCUT2D eigenvalue weighted by atomic mass is 10.3. The van der Waals surface area contributed by atoms with E-state index in [1.54, 1.807) is 0 Å². The molecule has 0 rings (SSSR count). The van der Waals surface area contributed by atoms with Crippen molar-refractivity contribution in [3.8, 4) is 0 Å². The van der Waals surface area contributed by atoms with Gasteiger partial charge in [-0.3, -0.25) is 0 Å².